The Morgan fingerprint density at radius 3 is 2.58 bits per heavy atom. The van der Waals surface area contributed by atoms with Crippen LogP contribution in [0.3, 0.4) is 0 Å². The number of sulfonamides is 1. The Morgan fingerprint density at radius 1 is 1.12 bits per heavy atom. The first-order valence-corrected chi connectivity index (χ1v) is 17.3. The molecule has 3 amide bonds. The molecule has 0 unspecified atom stereocenters. The summed E-state index contributed by atoms with van der Waals surface area (Å²) in [6, 6.07) is 15.6. The van der Waals surface area contributed by atoms with Gasteiger partial charge in [-0.1, -0.05) is 50.2 Å². The standard InChI is InChI=1S/C32H34F3N5O6S2/c1-20(2)16-39(48(44,45)24-11-12-25-29(15-24)47-19-36-25)18-28(41)26(13-21-7-4-3-5-8-21)37-30(42)27-17-40(31(43)38-27)22-9-6-10-23(14-22)46-32(33,34)35/h3-12,14-15,19-20,26-28,41H,13,16-18H2,1-2H3,(H,37,42)(H,38,43)/t26-,27-,28+/m0/s1. The molecule has 1 aliphatic rings. The van der Waals surface area contributed by atoms with Gasteiger partial charge in [-0.3, -0.25) is 9.69 Å². The molecule has 1 fully saturated rings. The summed E-state index contributed by atoms with van der Waals surface area (Å²) in [5.41, 5.74) is 3.13. The number of nitrogens with one attached hydrogen (secondary N) is 2. The number of rotatable bonds is 13. The van der Waals surface area contributed by atoms with Gasteiger partial charge in [-0.25, -0.2) is 18.2 Å². The highest BCUT2D eigenvalue weighted by molar-refractivity contribution is 7.89. The van der Waals surface area contributed by atoms with Gasteiger partial charge in [-0.2, -0.15) is 4.31 Å². The van der Waals surface area contributed by atoms with Gasteiger partial charge in [0.15, 0.2) is 0 Å². The summed E-state index contributed by atoms with van der Waals surface area (Å²) < 4.78 is 71.8. The Labute approximate surface area is 279 Å². The SMILES string of the molecule is CC(C)CN(C[C@@H](O)[C@H](Cc1ccccc1)NC(=O)[C@@H]1CN(c2cccc(OC(F)(F)F)c2)C(=O)N1)S(=O)(=O)c1ccc2ncsc2c1. The maximum Gasteiger partial charge on any atom is 0.573 e. The van der Waals surface area contributed by atoms with Crippen molar-refractivity contribution >= 4 is 49.2 Å². The number of benzene rings is 3. The lowest BCUT2D eigenvalue weighted by atomic mass is 10.0. The average molecular weight is 706 g/mol. The van der Waals surface area contributed by atoms with Crippen LogP contribution in [-0.4, -0.2) is 78.9 Å². The first-order chi connectivity index (χ1) is 22.7. The molecule has 0 aliphatic carbocycles. The Balaban J connectivity index is 1.35. The number of aliphatic hydroxyl groups is 1. The number of fused-ring (bicyclic) bond motifs is 1. The monoisotopic (exact) mass is 705 g/mol. The zero-order chi connectivity index (χ0) is 34.6. The Hall–Kier alpha value is -4.25. The number of nitrogens with zero attached hydrogens (tertiary/aromatic N) is 3. The molecule has 0 spiro atoms. The van der Waals surface area contributed by atoms with Crippen molar-refractivity contribution in [3.05, 3.63) is 83.9 Å². The summed E-state index contributed by atoms with van der Waals surface area (Å²) in [5, 5.41) is 16.9. The molecule has 1 aromatic heterocycles. The average Bonchev–Trinajstić information content (AvgIpc) is 3.66. The maximum atomic E-state index is 13.9. The van der Waals surface area contributed by atoms with Crippen LogP contribution in [0.15, 0.2) is 83.2 Å². The topological polar surface area (TPSA) is 141 Å². The van der Waals surface area contributed by atoms with Crippen LogP contribution in [0, 0.1) is 5.92 Å². The number of carbonyl (C=O) groups is 2. The molecular formula is C32H34F3N5O6S2. The van der Waals surface area contributed by atoms with E-state index in [-0.39, 0.29) is 42.6 Å². The van der Waals surface area contributed by atoms with Crippen LogP contribution in [0.25, 0.3) is 10.2 Å². The zero-order valence-corrected chi connectivity index (χ0v) is 27.6. The summed E-state index contributed by atoms with van der Waals surface area (Å²) in [7, 11) is -4.08. The number of anilines is 1. The van der Waals surface area contributed by atoms with E-state index in [4.69, 9.17) is 0 Å². The van der Waals surface area contributed by atoms with Crippen molar-refractivity contribution in [1.29, 1.82) is 0 Å². The Morgan fingerprint density at radius 2 is 1.88 bits per heavy atom. The van der Waals surface area contributed by atoms with Crippen LogP contribution >= 0.6 is 11.3 Å². The summed E-state index contributed by atoms with van der Waals surface area (Å²) in [4.78, 5) is 31.7. The van der Waals surface area contributed by atoms with E-state index >= 15 is 0 Å². The fraction of sp³-hybridized carbons (Fsp3) is 0.344. The van der Waals surface area contributed by atoms with E-state index in [1.807, 2.05) is 19.9 Å². The van der Waals surface area contributed by atoms with Crippen molar-refractivity contribution in [3.63, 3.8) is 0 Å². The molecule has 3 atom stereocenters. The lowest BCUT2D eigenvalue weighted by Crippen LogP contribution is -2.54. The fourth-order valence-corrected chi connectivity index (χ4v) is 7.79. The molecule has 0 radical (unpaired) electrons. The van der Waals surface area contributed by atoms with Gasteiger partial charge in [0.2, 0.25) is 15.9 Å². The summed E-state index contributed by atoms with van der Waals surface area (Å²) >= 11 is 1.31. The minimum Gasteiger partial charge on any atom is -0.406 e. The number of ether oxygens (including phenoxy) is 1. The molecule has 3 aromatic carbocycles. The highest BCUT2D eigenvalue weighted by atomic mass is 32.2. The van der Waals surface area contributed by atoms with Crippen LogP contribution in [0.4, 0.5) is 23.7 Å². The van der Waals surface area contributed by atoms with Gasteiger partial charge in [0, 0.05) is 24.8 Å². The van der Waals surface area contributed by atoms with Crippen LogP contribution < -0.4 is 20.3 Å². The van der Waals surface area contributed by atoms with E-state index in [1.165, 1.54) is 33.8 Å². The van der Waals surface area contributed by atoms with E-state index < -0.39 is 52.3 Å². The first kappa shape index (κ1) is 35.1. The molecule has 256 valence electrons. The number of urea groups is 1. The smallest absolute Gasteiger partial charge is 0.406 e. The van der Waals surface area contributed by atoms with E-state index in [0.29, 0.717) is 10.2 Å². The number of aromatic nitrogens is 1. The largest absolute Gasteiger partial charge is 0.573 e. The van der Waals surface area contributed by atoms with Crippen molar-refractivity contribution in [2.24, 2.45) is 5.92 Å². The quantitative estimate of drug-likeness (QED) is 0.186. The zero-order valence-electron chi connectivity index (χ0n) is 25.9. The Kier molecular flexibility index (Phi) is 10.6. The molecule has 2 heterocycles. The van der Waals surface area contributed by atoms with Crippen molar-refractivity contribution in [2.75, 3.05) is 24.5 Å². The molecule has 1 saturated heterocycles. The van der Waals surface area contributed by atoms with Gasteiger partial charge >= 0.3 is 12.4 Å². The van der Waals surface area contributed by atoms with Crippen molar-refractivity contribution in [2.45, 2.75) is 49.7 Å². The van der Waals surface area contributed by atoms with Crippen LogP contribution in [0.5, 0.6) is 5.75 Å². The molecular weight excluding hydrogens is 672 g/mol. The highest BCUT2D eigenvalue weighted by Gasteiger charge is 2.38. The molecule has 0 bridgehead atoms. The number of carbonyl (C=O) groups excluding carboxylic acids is 2. The third-order valence-electron chi connectivity index (χ3n) is 7.58. The Bertz CT molecular complexity index is 1860. The molecule has 48 heavy (non-hydrogen) atoms. The normalized spacial score (nSPS) is 16.7. The number of hydrogen-bond donors (Lipinski definition) is 3. The fourth-order valence-electron chi connectivity index (χ4n) is 5.35. The minimum absolute atomic E-state index is 0.0502. The number of alkyl halides is 3. The van der Waals surface area contributed by atoms with E-state index in [0.717, 1.165) is 22.6 Å². The molecule has 5 rings (SSSR count). The predicted octanol–water partition coefficient (Wildman–Crippen LogP) is 4.53. The number of thiazole rings is 1. The highest BCUT2D eigenvalue weighted by Crippen LogP contribution is 2.29. The molecule has 1 aliphatic heterocycles. The van der Waals surface area contributed by atoms with Gasteiger partial charge in [0.05, 0.1) is 39.3 Å². The van der Waals surface area contributed by atoms with Gasteiger partial charge in [-0.05, 0) is 48.2 Å². The lowest BCUT2D eigenvalue weighted by molar-refractivity contribution is -0.274. The van der Waals surface area contributed by atoms with E-state index in [9.17, 15) is 36.3 Å². The van der Waals surface area contributed by atoms with Crippen LogP contribution in [0.2, 0.25) is 0 Å². The van der Waals surface area contributed by atoms with Gasteiger partial charge in [-0.15, -0.1) is 24.5 Å². The second kappa shape index (κ2) is 14.5. The number of aliphatic hydroxyl groups excluding tert-OH is 1. The predicted molar refractivity (Wildman–Crippen MR) is 174 cm³/mol. The van der Waals surface area contributed by atoms with Crippen LogP contribution in [-0.2, 0) is 21.2 Å². The molecule has 0 saturated carbocycles. The van der Waals surface area contributed by atoms with Crippen molar-refractivity contribution < 1.29 is 41.0 Å². The van der Waals surface area contributed by atoms with E-state index in [2.05, 4.69) is 20.4 Å². The van der Waals surface area contributed by atoms with Gasteiger partial charge < -0.3 is 20.5 Å². The molecule has 11 nitrogen and oxygen atoms in total. The third kappa shape index (κ3) is 8.61. The second-order valence-corrected chi connectivity index (χ2v) is 14.6. The maximum absolute atomic E-state index is 13.9. The summed E-state index contributed by atoms with van der Waals surface area (Å²) in [5.74, 6) is -1.29. The molecule has 4 aromatic rings. The third-order valence-corrected chi connectivity index (χ3v) is 10.2. The first-order valence-electron chi connectivity index (χ1n) is 15.0. The van der Waals surface area contributed by atoms with Crippen molar-refractivity contribution in [1.82, 2.24) is 19.9 Å². The lowest BCUT2D eigenvalue weighted by Gasteiger charge is -2.31. The molecule has 3 N–H and O–H groups in total. The van der Waals surface area contributed by atoms with Crippen molar-refractivity contribution in [3.8, 4) is 5.75 Å². The molecule has 16 heteroatoms. The minimum atomic E-state index is -4.93. The number of halogens is 3. The summed E-state index contributed by atoms with van der Waals surface area (Å²) in [6.45, 7) is 3.24. The number of hydrogen-bond acceptors (Lipinski definition) is 8. The second-order valence-electron chi connectivity index (χ2n) is 11.7. The summed E-state index contributed by atoms with van der Waals surface area (Å²) in [6.07, 6.45) is -6.17. The number of amides is 3. The van der Waals surface area contributed by atoms with Crippen LogP contribution in [0.1, 0.15) is 19.4 Å². The van der Waals surface area contributed by atoms with E-state index in [1.54, 1.807) is 41.9 Å². The van der Waals surface area contributed by atoms with Gasteiger partial charge in [0.25, 0.3) is 0 Å². The van der Waals surface area contributed by atoms with Gasteiger partial charge in [0.1, 0.15) is 11.8 Å².